The Labute approximate surface area is 133 Å². The summed E-state index contributed by atoms with van der Waals surface area (Å²) in [5.41, 5.74) is 2.33. The first-order chi connectivity index (χ1) is 10.7. The standard InChI is InChI=1S/C20H24O2/c1-5-7-9-21-19-13-15(3)12-18-17(19)11-16(4)14-20(18)22-10-8-6-2/h5-6,11-14H,1-2,7-10H2,3-4H3. The molecule has 0 aliphatic rings. The van der Waals surface area contributed by atoms with Gasteiger partial charge < -0.3 is 9.47 Å². The van der Waals surface area contributed by atoms with Gasteiger partial charge in [-0.05, 0) is 62.1 Å². The quantitative estimate of drug-likeness (QED) is 0.482. The van der Waals surface area contributed by atoms with E-state index in [1.165, 1.54) is 11.1 Å². The third kappa shape index (κ3) is 3.91. The van der Waals surface area contributed by atoms with E-state index in [-0.39, 0.29) is 0 Å². The Morgan fingerprint density at radius 1 is 0.773 bits per heavy atom. The van der Waals surface area contributed by atoms with Gasteiger partial charge in [0.2, 0.25) is 0 Å². The van der Waals surface area contributed by atoms with E-state index in [2.05, 4.69) is 51.3 Å². The molecule has 0 radical (unpaired) electrons. The highest BCUT2D eigenvalue weighted by Crippen LogP contribution is 2.35. The molecule has 2 heteroatoms. The molecule has 2 aromatic rings. The second kappa shape index (κ2) is 7.69. The fraction of sp³-hybridized carbons (Fsp3) is 0.300. The van der Waals surface area contributed by atoms with Gasteiger partial charge in [0, 0.05) is 10.8 Å². The Kier molecular flexibility index (Phi) is 5.65. The molecule has 0 N–H and O–H groups in total. The van der Waals surface area contributed by atoms with Gasteiger partial charge in [-0.1, -0.05) is 12.2 Å². The van der Waals surface area contributed by atoms with E-state index in [1.54, 1.807) is 0 Å². The van der Waals surface area contributed by atoms with Crippen molar-refractivity contribution in [2.45, 2.75) is 26.7 Å². The summed E-state index contributed by atoms with van der Waals surface area (Å²) in [5, 5.41) is 2.20. The van der Waals surface area contributed by atoms with Crippen molar-refractivity contribution in [1.29, 1.82) is 0 Å². The van der Waals surface area contributed by atoms with Crippen LogP contribution in [0.5, 0.6) is 11.5 Å². The summed E-state index contributed by atoms with van der Waals surface area (Å²) in [6.07, 6.45) is 5.41. The van der Waals surface area contributed by atoms with E-state index in [9.17, 15) is 0 Å². The summed E-state index contributed by atoms with van der Waals surface area (Å²) in [6, 6.07) is 8.47. The van der Waals surface area contributed by atoms with Gasteiger partial charge in [0.25, 0.3) is 0 Å². The van der Waals surface area contributed by atoms with Crippen LogP contribution in [0, 0.1) is 13.8 Å². The maximum atomic E-state index is 5.93. The minimum atomic E-state index is 0.642. The van der Waals surface area contributed by atoms with Crippen molar-refractivity contribution in [1.82, 2.24) is 0 Å². The molecule has 0 heterocycles. The van der Waals surface area contributed by atoms with Crippen molar-refractivity contribution in [3.8, 4) is 11.5 Å². The SMILES string of the molecule is C=CCCOc1cc(C)cc2c(OCCC=C)cc(C)cc12. The molecule has 2 aromatic carbocycles. The molecule has 0 spiro atoms. The molecule has 0 saturated heterocycles. The first-order valence-corrected chi connectivity index (χ1v) is 7.68. The Hall–Kier alpha value is -2.22. The summed E-state index contributed by atoms with van der Waals surface area (Å²) >= 11 is 0. The van der Waals surface area contributed by atoms with Gasteiger partial charge in [-0.15, -0.1) is 13.2 Å². The second-order valence-electron chi connectivity index (χ2n) is 5.47. The molecule has 0 aliphatic carbocycles. The summed E-state index contributed by atoms with van der Waals surface area (Å²) in [6.45, 7) is 12.9. The molecule has 0 aromatic heterocycles. The molecule has 0 bridgehead atoms. The van der Waals surface area contributed by atoms with Crippen LogP contribution in [0.4, 0.5) is 0 Å². The third-order valence-electron chi connectivity index (χ3n) is 3.44. The van der Waals surface area contributed by atoms with Crippen LogP contribution in [-0.2, 0) is 0 Å². The van der Waals surface area contributed by atoms with Gasteiger partial charge in [0.05, 0.1) is 13.2 Å². The topological polar surface area (TPSA) is 18.5 Å². The Morgan fingerprint density at radius 2 is 1.18 bits per heavy atom. The molecule has 0 saturated carbocycles. The molecule has 116 valence electrons. The highest BCUT2D eigenvalue weighted by atomic mass is 16.5. The van der Waals surface area contributed by atoms with E-state index >= 15 is 0 Å². The van der Waals surface area contributed by atoms with Crippen molar-refractivity contribution >= 4 is 10.8 Å². The molecular formula is C20H24O2. The normalized spacial score (nSPS) is 10.5. The highest BCUT2D eigenvalue weighted by Gasteiger charge is 2.10. The summed E-state index contributed by atoms with van der Waals surface area (Å²) in [5.74, 6) is 1.82. The van der Waals surface area contributed by atoms with Gasteiger partial charge in [0.1, 0.15) is 11.5 Å². The van der Waals surface area contributed by atoms with E-state index < -0.39 is 0 Å². The first-order valence-electron chi connectivity index (χ1n) is 7.68. The van der Waals surface area contributed by atoms with Crippen molar-refractivity contribution in [2.24, 2.45) is 0 Å². The predicted molar refractivity (Wildman–Crippen MR) is 94.0 cm³/mol. The van der Waals surface area contributed by atoms with E-state index in [1.807, 2.05) is 12.2 Å². The lowest BCUT2D eigenvalue weighted by atomic mass is 10.0. The molecular weight excluding hydrogens is 272 g/mol. The molecule has 2 rings (SSSR count). The smallest absolute Gasteiger partial charge is 0.127 e. The average Bonchev–Trinajstić information content (AvgIpc) is 2.48. The van der Waals surface area contributed by atoms with Gasteiger partial charge >= 0.3 is 0 Å². The minimum Gasteiger partial charge on any atom is -0.493 e. The third-order valence-corrected chi connectivity index (χ3v) is 3.44. The largest absolute Gasteiger partial charge is 0.493 e. The van der Waals surface area contributed by atoms with Crippen LogP contribution in [-0.4, -0.2) is 13.2 Å². The lowest BCUT2D eigenvalue weighted by Gasteiger charge is -2.15. The molecule has 0 fully saturated rings. The van der Waals surface area contributed by atoms with Crippen molar-refractivity contribution in [3.63, 3.8) is 0 Å². The number of aryl methyl sites for hydroxylation is 2. The fourth-order valence-electron chi connectivity index (χ4n) is 2.41. The van der Waals surface area contributed by atoms with Gasteiger partial charge in [-0.3, -0.25) is 0 Å². The van der Waals surface area contributed by atoms with Crippen LogP contribution in [0.3, 0.4) is 0 Å². The zero-order chi connectivity index (χ0) is 15.9. The predicted octanol–water partition coefficient (Wildman–Crippen LogP) is 5.37. The first kappa shape index (κ1) is 16.2. The maximum Gasteiger partial charge on any atom is 0.127 e. The summed E-state index contributed by atoms with van der Waals surface area (Å²) in [7, 11) is 0. The van der Waals surface area contributed by atoms with Gasteiger partial charge in [0.15, 0.2) is 0 Å². The molecule has 0 atom stereocenters. The average molecular weight is 296 g/mol. The number of hydrogen-bond acceptors (Lipinski definition) is 2. The van der Waals surface area contributed by atoms with Crippen molar-refractivity contribution < 1.29 is 9.47 Å². The monoisotopic (exact) mass is 296 g/mol. The van der Waals surface area contributed by atoms with Crippen molar-refractivity contribution in [2.75, 3.05) is 13.2 Å². The zero-order valence-corrected chi connectivity index (χ0v) is 13.5. The fourth-order valence-corrected chi connectivity index (χ4v) is 2.41. The summed E-state index contributed by atoms with van der Waals surface area (Å²) < 4.78 is 11.9. The zero-order valence-electron chi connectivity index (χ0n) is 13.5. The van der Waals surface area contributed by atoms with Crippen LogP contribution in [0.25, 0.3) is 10.8 Å². The molecule has 0 unspecified atom stereocenters. The highest BCUT2D eigenvalue weighted by molar-refractivity contribution is 5.94. The van der Waals surface area contributed by atoms with Gasteiger partial charge in [-0.25, -0.2) is 0 Å². The van der Waals surface area contributed by atoms with Crippen molar-refractivity contribution in [3.05, 3.63) is 60.7 Å². The number of ether oxygens (including phenoxy) is 2. The number of benzene rings is 2. The Bertz CT molecular complexity index is 612. The maximum absolute atomic E-state index is 5.93. The molecule has 0 amide bonds. The molecule has 22 heavy (non-hydrogen) atoms. The number of rotatable bonds is 8. The summed E-state index contributed by atoms with van der Waals surface area (Å²) in [4.78, 5) is 0. The second-order valence-corrected chi connectivity index (χ2v) is 5.47. The van der Waals surface area contributed by atoms with E-state index in [0.29, 0.717) is 13.2 Å². The van der Waals surface area contributed by atoms with Crippen LogP contribution >= 0.6 is 0 Å². The van der Waals surface area contributed by atoms with E-state index in [0.717, 1.165) is 35.1 Å². The minimum absolute atomic E-state index is 0.642. The molecule has 2 nitrogen and oxygen atoms in total. The lowest BCUT2D eigenvalue weighted by Crippen LogP contribution is -2.00. The van der Waals surface area contributed by atoms with E-state index in [4.69, 9.17) is 9.47 Å². The lowest BCUT2D eigenvalue weighted by molar-refractivity contribution is 0.325. The number of hydrogen-bond donors (Lipinski definition) is 0. The molecule has 0 aliphatic heterocycles. The van der Waals surface area contributed by atoms with Gasteiger partial charge in [-0.2, -0.15) is 0 Å². The van der Waals surface area contributed by atoms with Crippen LogP contribution in [0.1, 0.15) is 24.0 Å². The van der Waals surface area contributed by atoms with Crippen LogP contribution in [0.2, 0.25) is 0 Å². The Balaban J connectivity index is 2.43. The van der Waals surface area contributed by atoms with Crippen LogP contribution in [0.15, 0.2) is 49.6 Å². The number of fused-ring (bicyclic) bond motifs is 1. The Morgan fingerprint density at radius 3 is 1.55 bits per heavy atom. The van der Waals surface area contributed by atoms with Crippen LogP contribution < -0.4 is 9.47 Å².